The summed E-state index contributed by atoms with van der Waals surface area (Å²) in [6.07, 6.45) is 0.785. The van der Waals surface area contributed by atoms with Gasteiger partial charge in [0.05, 0.1) is 14.2 Å². The molecular weight excluding hydrogens is 362 g/mol. The molecule has 3 rings (SSSR count). The molecule has 0 atom stereocenters. The molecule has 0 bridgehead atoms. The van der Waals surface area contributed by atoms with E-state index in [0.717, 1.165) is 12.1 Å². The Hall–Kier alpha value is -3.06. The quantitative estimate of drug-likeness (QED) is 0.618. The maximum absolute atomic E-state index is 12.3. The van der Waals surface area contributed by atoms with Crippen LogP contribution in [0.3, 0.4) is 0 Å². The monoisotopic (exact) mass is 383 g/mol. The molecular formula is C20H21N3O3S. The number of thiazole rings is 1. The van der Waals surface area contributed by atoms with Crippen LogP contribution < -0.4 is 20.1 Å². The first-order valence-electron chi connectivity index (χ1n) is 8.46. The second-order valence-corrected chi connectivity index (χ2v) is 6.58. The molecule has 0 saturated heterocycles. The SMILES string of the molecule is COc1ccc(Nc2nc(C(=O)NCCc3ccccc3)cs2)cc1OC. The highest BCUT2D eigenvalue weighted by Crippen LogP contribution is 2.31. The van der Waals surface area contributed by atoms with E-state index >= 15 is 0 Å². The second-order valence-electron chi connectivity index (χ2n) is 5.72. The molecule has 7 heteroatoms. The van der Waals surface area contributed by atoms with Crippen molar-refractivity contribution in [3.8, 4) is 11.5 Å². The minimum Gasteiger partial charge on any atom is -0.493 e. The summed E-state index contributed by atoms with van der Waals surface area (Å²) in [6, 6.07) is 15.5. The number of benzene rings is 2. The summed E-state index contributed by atoms with van der Waals surface area (Å²) in [5.74, 6) is 1.10. The lowest BCUT2D eigenvalue weighted by molar-refractivity contribution is 0.0950. The van der Waals surface area contributed by atoms with Crippen molar-refractivity contribution in [1.29, 1.82) is 0 Å². The molecule has 0 unspecified atom stereocenters. The Bertz CT molecular complexity index is 896. The Morgan fingerprint density at radius 3 is 2.59 bits per heavy atom. The van der Waals surface area contributed by atoms with E-state index in [4.69, 9.17) is 9.47 Å². The number of methoxy groups -OCH3 is 2. The Labute approximate surface area is 162 Å². The molecule has 3 aromatic rings. The highest BCUT2D eigenvalue weighted by atomic mass is 32.1. The van der Waals surface area contributed by atoms with Crippen LogP contribution >= 0.6 is 11.3 Å². The van der Waals surface area contributed by atoms with Crippen molar-refractivity contribution in [1.82, 2.24) is 10.3 Å². The number of nitrogens with one attached hydrogen (secondary N) is 2. The van der Waals surface area contributed by atoms with Crippen LogP contribution in [0.25, 0.3) is 0 Å². The Balaban J connectivity index is 1.57. The minimum absolute atomic E-state index is 0.178. The molecule has 1 aromatic heterocycles. The third-order valence-electron chi connectivity index (χ3n) is 3.91. The number of nitrogens with zero attached hydrogens (tertiary/aromatic N) is 1. The molecule has 2 N–H and O–H groups in total. The molecule has 140 valence electrons. The van der Waals surface area contributed by atoms with Crippen LogP contribution in [0.4, 0.5) is 10.8 Å². The van der Waals surface area contributed by atoms with Crippen LogP contribution in [-0.4, -0.2) is 31.7 Å². The van der Waals surface area contributed by atoms with Crippen molar-refractivity contribution in [3.05, 3.63) is 65.2 Å². The molecule has 0 aliphatic heterocycles. The molecule has 1 heterocycles. The maximum atomic E-state index is 12.3. The lowest BCUT2D eigenvalue weighted by Crippen LogP contribution is -2.25. The van der Waals surface area contributed by atoms with E-state index in [1.165, 1.54) is 16.9 Å². The van der Waals surface area contributed by atoms with Crippen LogP contribution in [-0.2, 0) is 6.42 Å². The third kappa shape index (κ3) is 4.98. The minimum atomic E-state index is -0.178. The van der Waals surface area contributed by atoms with Crippen LogP contribution in [0.5, 0.6) is 11.5 Å². The summed E-state index contributed by atoms with van der Waals surface area (Å²) in [5.41, 5.74) is 2.39. The van der Waals surface area contributed by atoms with Gasteiger partial charge in [-0.25, -0.2) is 4.98 Å². The van der Waals surface area contributed by atoms with Crippen molar-refractivity contribution in [2.45, 2.75) is 6.42 Å². The van der Waals surface area contributed by atoms with Gasteiger partial charge in [0, 0.05) is 23.7 Å². The van der Waals surface area contributed by atoms with E-state index < -0.39 is 0 Å². The zero-order chi connectivity index (χ0) is 19.1. The van der Waals surface area contributed by atoms with Gasteiger partial charge in [0.25, 0.3) is 5.91 Å². The van der Waals surface area contributed by atoms with E-state index in [9.17, 15) is 4.79 Å². The smallest absolute Gasteiger partial charge is 0.270 e. The van der Waals surface area contributed by atoms with Crippen molar-refractivity contribution in [3.63, 3.8) is 0 Å². The van der Waals surface area contributed by atoms with Gasteiger partial charge in [0.2, 0.25) is 0 Å². The molecule has 27 heavy (non-hydrogen) atoms. The van der Waals surface area contributed by atoms with Crippen molar-refractivity contribution < 1.29 is 14.3 Å². The molecule has 0 spiro atoms. The molecule has 0 radical (unpaired) electrons. The van der Waals surface area contributed by atoms with E-state index in [1.54, 1.807) is 19.6 Å². The first kappa shape index (κ1) is 18.7. The van der Waals surface area contributed by atoms with E-state index in [-0.39, 0.29) is 5.91 Å². The normalized spacial score (nSPS) is 10.3. The van der Waals surface area contributed by atoms with Gasteiger partial charge in [0.1, 0.15) is 5.69 Å². The summed E-state index contributed by atoms with van der Waals surface area (Å²) < 4.78 is 10.5. The fourth-order valence-electron chi connectivity index (χ4n) is 2.53. The van der Waals surface area contributed by atoms with Gasteiger partial charge >= 0.3 is 0 Å². The Kier molecular flexibility index (Phi) is 6.27. The van der Waals surface area contributed by atoms with E-state index in [1.807, 2.05) is 48.5 Å². The van der Waals surface area contributed by atoms with Gasteiger partial charge in [0.15, 0.2) is 16.6 Å². The molecule has 2 aromatic carbocycles. The standard InChI is InChI=1S/C20H21N3O3S/c1-25-17-9-8-15(12-18(17)26-2)22-20-23-16(13-27-20)19(24)21-11-10-14-6-4-3-5-7-14/h3-9,12-13H,10-11H2,1-2H3,(H,21,24)(H,22,23). The first-order chi connectivity index (χ1) is 13.2. The summed E-state index contributed by atoms with van der Waals surface area (Å²) in [7, 11) is 3.18. The van der Waals surface area contributed by atoms with Gasteiger partial charge in [-0.3, -0.25) is 4.79 Å². The molecule has 0 aliphatic carbocycles. The molecule has 0 aliphatic rings. The van der Waals surface area contributed by atoms with E-state index in [2.05, 4.69) is 15.6 Å². The first-order valence-corrected chi connectivity index (χ1v) is 9.34. The number of carbonyl (C=O) groups excluding carboxylic acids is 1. The number of hydrogen-bond acceptors (Lipinski definition) is 6. The summed E-state index contributed by atoms with van der Waals surface area (Å²) in [4.78, 5) is 16.6. The highest BCUT2D eigenvalue weighted by molar-refractivity contribution is 7.14. The molecule has 6 nitrogen and oxygen atoms in total. The van der Waals surface area contributed by atoms with E-state index in [0.29, 0.717) is 28.9 Å². The number of ether oxygens (including phenoxy) is 2. The van der Waals surface area contributed by atoms with Crippen molar-refractivity contribution >= 4 is 28.1 Å². The lowest BCUT2D eigenvalue weighted by atomic mass is 10.1. The number of rotatable bonds is 8. The summed E-state index contributed by atoms with van der Waals surface area (Å²) in [5, 5.41) is 8.45. The summed E-state index contributed by atoms with van der Waals surface area (Å²) >= 11 is 1.37. The summed E-state index contributed by atoms with van der Waals surface area (Å²) in [6.45, 7) is 0.568. The van der Waals surface area contributed by atoms with Crippen molar-refractivity contribution in [2.24, 2.45) is 0 Å². The number of carbonyl (C=O) groups is 1. The van der Waals surface area contributed by atoms with Gasteiger partial charge in [-0.05, 0) is 24.1 Å². The van der Waals surface area contributed by atoms with Crippen molar-refractivity contribution in [2.75, 3.05) is 26.1 Å². The van der Waals surface area contributed by atoms with Gasteiger partial charge in [-0.2, -0.15) is 0 Å². The largest absolute Gasteiger partial charge is 0.493 e. The fourth-order valence-corrected chi connectivity index (χ4v) is 3.24. The number of anilines is 2. The molecule has 0 saturated carbocycles. The van der Waals surface area contributed by atoms with Gasteiger partial charge in [-0.1, -0.05) is 30.3 Å². The average Bonchev–Trinajstić information content (AvgIpc) is 3.17. The number of aromatic nitrogens is 1. The topological polar surface area (TPSA) is 72.5 Å². The maximum Gasteiger partial charge on any atom is 0.270 e. The van der Waals surface area contributed by atoms with Crippen LogP contribution in [0.2, 0.25) is 0 Å². The second kappa shape index (κ2) is 9.05. The third-order valence-corrected chi connectivity index (χ3v) is 4.67. The lowest BCUT2D eigenvalue weighted by Gasteiger charge is -2.09. The molecule has 1 amide bonds. The zero-order valence-corrected chi connectivity index (χ0v) is 16.0. The molecule has 0 fully saturated rings. The Morgan fingerprint density at radius 1 is 1.07 bits per heavy atom. The predicted molar refractivity (Wildman–Crippen MR) is 107 cm³/mol. The highest BCUT2D eigenvalue weighted by Gasteiger charge is 2.11. The zero-order valence-electron chi connectivity index (χ0n) is 15.2. The number of hydrogen-bond donors (Lipinski definition) is 2. The number of amides is 1. The average molecular weight is 383 g/mol. The Morgan fingerprint density at radius 2 is 1.85 bits per heavy atom. The van der Waals surface area contributed by atoms with Crippen LogP contribution in [0.15, 0.2) is 53.9 Å². The predicted octanol–water partition coefficient (Wildman–Crippen LogP) is 3.88. The van der Waals surface area contributed by atoms with Gasteiger partial charge in [-0.15, -0.1) is 11.3 Å². The van der Waals surface area contributed by atoms with Crippen LogP contribution in [0, 0.1) is 0 Å². The van der Waals surface area contributed by atoms with Crippen LogP contribution in [0.1, 0.15) is 16.1 Å². The van der Waals surface area contributed by atoms with Gasteiger partial charge < -0.3 is 20.1 Å². The fraction of sp³-hybridized carbons (Fsp3) is 0.200.